The predicted molar refractivity (Wildman–Crippen MR) is 120 cm³/mol. The van der Waals surface area contributed by atoms with Crippen LogP contribution in [0.3, 0.4) is 0 Å². The van der Waals surface area contributed by atoms with E-state index in [0.29, 0.717) is 25.3 Å². The second-order valence-electron chi connectivity index (χ2n) is 9.18. The Morgan fingerprint density at radius 1 is 1.12 bits per heavy atom. The van der Waals surface area contributed by atoms with Gasteiger partial charge < -0.3 is 25.3 Å². The standard InChI is InChI=1S/C24H25N5O3/c1-13-16-6-7-29(23(16)27-12-26-13)18-9-24(22(31)21(18)30)10-19(32-11-24)15-3-2-14-4-5-20(25)28-17(14)8-15/h2-8,12,18-19,21-22,30-31H,9-11H2,1H3,(H2,25,28). The maximum Gasteiger partial charge on any atom is 0.143 e. The van der Waals surface area contributed by atoms with Gasteiger partial charge in [-0.15, -0.1) is 0 Å². The number of aromatic nitrogens is 4. The number of aryl methyl sites for hydroxylation is 1. The van der Waals surface area contributed by atoms with E-state index in [4.69, 9.17) is 10.5 Å². The third-order valence-electron chi connectivity index (χ3n) is 7.30. The van der Waals surface area contributed by atoms with Crippen molar-refractivity contribution in [2.75, 3.05) is 12.3 Å². The van der Waals surface area contributed by atoms with Crippen molar-refractivity contribution >= 4 is 27.8 Å². The zero-order valence-corrected chi connectivity index (χ0v) is 17.7. The Kier molecular flexibility index (Phi) is 4.27. The third-order valence-corrected chi connectivity index (χ3v) is 7.30. The average Bonchev–Trinajstić information content (AvgIpc) is 3.47. The number of pyridine rings is 1. The average molecular weight is 431 g/mol. The molecule has 164 valence electrons. The number of aliphatic hydroxyl groups is 2. The van der Waals surface area contributed by atoms with E-state index in [9.17, 15) is 10.2 Å². The first-order valence-corrected chi connectivity index (χ1v) is 10.9. The summed E-state index contributed by atoms with van der Waals surface area (Å²) in [6, 6.07) is 11.5. The fraction of sp³-hybridized carbons (Fsp3) is 0.375. The van der Waals surface area contributed by atoms with Gasteiger partial charge in [0.1, 0.15) is 23.9 Å². The SMILES string of the molecule is Cc1ncnc2c1ccn2C1CC2(COC(c3ccc4ccc(N)nc4c3)C2)C(O)C1O. The number of rotatable bonds is 2. The maximum absolute atomic E-state index is 11.1. The van der Waals surface area contributed by atoms with Gasteiger partial charge in [-0.05, 0) is 49.6 Å². The van der Waals surface area contributed by atoms with Gasteiger partial charge in [-0.1, -0.05) is 12.1 Å². The Hall–Kier alpha value is -3.07. The molecule has 2 fully saturated rings. The lowest BCUT2D eigenvalue weighted by molar-refractivity contribution is -0.0309. The van der Waals surface area contributed by atoms with E-state index >= 15 is 0 Å². The van der Waals surface area contributed by atoms with Gasteiger partial charge in [-0.3, -0.25) is 0 Å². The van der Waals surface area contributed by atoms with Crippen molar-refractivity contribution in [3.63, 3.8) is 0 Å². The topological polar surface area (TPSA) is 119 Å². The quantitative estimate of drug-likeness (QED) is 0.446. The molecule has 1 spiro atoms. The van der Waals surface area contributed by atoms with E-state index in [0.717, 1.165) is 33.2 Å². The molecule has 4 aromatic rings. The first-order chi connectivity index (χ1) is 15.4. The molecule has 0 amide bonds. The third kappa shape index (κ3) is 2.83. The molecule has 1 saturated carbocycles. The van der Waals surface area contributed by atoms with E-state index in [1.807, 2.05) is 48.0 Å². The number of nitrogens with two attached hydrogens (primary N) is 1. The van der Waals surface area contributed by atoms with Crippen LogP contribution in [0, 0.1) is 12.3 Å². The number of hydrogen-bond acceptors (Lipinski definition) is 7. The van der Waals surface area contributed by atoms with Crippen LogP contribution in [-0.4, -0.2) is 48.5 Å². The van der Waals surface area contributed by atoms with Gasteiger partial charge in [0.2, 0.25) is 0 Å². The van der Waals surface area contributed by atoms with E-state index in [1.54, 1.807) is 6.07 Å². The molecule has 0 bridgehead atoms. The minimum Gasteiger partial charge on any atom is -0.390 e. The molecule has 2 aliphatic rings. The second kappa shape index (κ2) is 6.96. The van der Waals surface area contributed by atoms with Gasteiger partial charge in [-0.2, -0.15) is 0 Å². The summed E-state index contributed by atoms with van der Waals surface area (Å²) in [4.78, 5) is 13.1. The van der Waals surface area contributed by atoms with Gasteiger partial charge in [0.25, 0.3) is 0 Å². The van der Waals surface area contributed by atoms with Gasteiger partial charge in [-0.25, -0.2) is 15.0 Å². The lowest BCUT2D eigenvalue weighted by Crippen LogP contribution is -2.37. The molecule has 5 atom stereocenters. The molecule has 8 heteroatoms. The molecular formula is C24H25N5O3. The van der Waals surface area contributed by atoms with Crippen LogP contribution >= 0.6 is 0 Å². The maximum atomic E-state index is 11.1. The largest absolute Gasteiger partial charge is 0.390 e. The molecule has 1 saturated heterocycles. The number of fused-ring (bicyclic) bond motifs is 2. The Bertz CT molecular complexity index is 1340. The summed E-state index contributed by atoms with van der Waals surface area (Å²) in [7, 11) is 0. The van der Waals surface area contributed by atoms with Crippen molar-refractivity contribution in [2.45, 2.75) is 44.1 Å². The highest BCUT2D eigenvalue weighted by atomic mass is 16.5. The molecule has 4 heterocycles. The Labute approximate surface area is 184 Å². The molecule has 5 unspecified atom stereocenters. The second-order valence-corrected chi connectivity index (χ2v) is 9.18. The molecule has 3 aromatic heterocycles. The Morgan fingerprint density at radius 3 is 2.84 bits per heavy atom. The van der Waals surface area contributed by atoms with Crippen molar-refractivity contribution in [1.82, 2.24) is 19.5 Å². The minimum absolute atomic E-state index is 0.172. The first-order valence-electron chi connectivity index (χ1n) is 10.9. The summed E-state index contributed by atoms with van der Waals surface area (Å²) >= 11 is 0. The molecule has 32 heavy (non-hydrogen) atoms. The summed E-state index contributed by atoms with van der Waals surface area (Å²) in [5.41, 5.74) is 8.83. The molecule has 0 radical (unpaired) electrons. The molecule has 1 aromatic carbocycles. The summed E-state index contributed by atoms with van der Waals surface area (Å²) in [5, 5.41) is 24.1. The normalized spacial score (nSPS) is 30.1. The number of aliphatic hydroxyl groups excluding tert-OH is 2. The van der Waals surface area contributed by atoms with Crippen molar-refractivity contribution < 1.29 is 14.9 Å². The van der Waals surface area contributed by atoms with Crippen molar-refractivity contribution in [1.29, 1.82) is 0 Å². The lowest BCUT2D eigenvalue weighted by Gasteiger charge is -2.26. The molecule has 1 aliphatic heterocycles. The van der Waals surface area contributed by atoms with Crippen LogP contribution in [0.4, 0.5) is 5.82 Å². The summed E-state index contributed by atoms with van der Waals surface area (Å²) in [5.74, 6) is 0.480. The number of ether oxygens (including phenoxy) is 1. The molecule has 6 rings (SSSR count). The van der Waals surface area contributed by atoms with Crippen LogP contribution in [0.2, 0.25) is 0 Å². The molecule has 4 N–H and O–H groups in total. The summed E-state index contributed by atoms with van der Waals surface area (Å²) < 4.78 is 8.16. The smallest absolute Gasteiger partial charge is 0.143 e. The highest BCUT2D eigenvalue weighted by Gasteiger charge is 2.57. The number of anilines is 1. The molecule has 8 nitrogen and oxygen atoms in total. The predicted octanol–water partition coefficient (Wildman–Crippen LogP) is 2.68. The summed E-state index contributed by atoms with van der Waals surface area (Å²) in [6.07, 6.45) is 2.75. The molecular weight excluding hydrogens is 406 g/mol. The van der Waals surface area contributed by atoms with Crippen LogP contribution in [-0.2, 0) is 4.74 Å². The van der Waals surface area contributed by atoms with Gasteiger partial charge >= 0.3 is 0 Å². The zero-order chi connectivity index (χ0) is 22.0. The van der Waals surface area contributed by atoms with E-state index in [2.05, 4.69) is 15.0 Å². The van der Waals surface area contributed by atoms with Crippen molar-refractivity contribution in [3.05, 3.63) is 60.2 Å². The fourth-order valence-corrected chi connectivity index (χ4v) is 5.52. The number of benzene rings is 1. The van der Waals surface area contributed by atoms with Crippen LogP contribution < -0.4 is 5.73 Å². The van der Waals surface area contributed by atoms with Crippen LogP contribution in [0.15, 0.2) is 48.9 Å². The van der Waals surface area contributed by atoms with E-state index in [1.165, 1.54) is 6.33 Å². The highest BCUT2D eigenvalue weighted by Crippen LogP contribution is 2.54. The highest BCUT2D eigenvalue weighted by molar-refractivity contribution is 5.81. The number of nitrogen functional groups attached to an aromatic ring is 1. The van der Waals surface area contributed by atoms with Crippen molar-refractivity contribution in [2.24, 2.45) is 5.41 Å². The van der Waals surface area contributed by atoms with Crippen LogP contribution in [0.1, 0.15) is 36.2 Å². The van der Waals surface area contributed by atoms with Gasteiger partial charge in [0.15, 0.2) is 0 Å². The fourth-order valence-electron chi connectivity index (χ4n) is 5.52. The van der Waals surface area contributed by atoms with Crippen LogP contribution in [0.25, 0.3) is 21.9 Å². The minimum atomic E-state index is -0.902. The van der Waals surface area contributed by atoms with Crippen molar-refractivity contribution in [3.8, 4) is 0 Å². The molecule has 1 aliphatic carbocycles. The first kappa shape index (κ1) is 19.6. The van der Waals surface area contributed by atoms with Gasteiger partial charge in [0.05, 0.1) is 36.1 Å². The van der Waals surface area contributed by atoms with Crippen LogP contribution in [0.5, 0.6) is 0 Å². The zero-order valence-electron chi connectivity index (χ0n) is 17.7. The Balaban J connectivity index is 1.31. The van der Waals surface area contributed by atoms with E-state index in [-0.39, 0.29) is 12.1 Å². The monoisotopic (exact) mass is 431 g/mol. The Morgan fingerprint density at radius 2 is 1.97 bits per heavy atom. The number of nitrogens with zero attached hydrogens (tertiary/aromatic N) is 4. The van der Waals surface area contributed by atoms with E-state index < -0.39 is 17.6 Å². The lowest BCUT2D eigenvalue weighted by atomic mass is 9.80. The summed E-state index contributed by atoms with van der Waals surface area (Å²) in [6.45, 7) is 2.33. The van der Waals surface area contributed by atoms with Gasteiger partial charge in [0, 0.05) is 22.4 Å². The number of hydrogen-bond donors (Lipinski definition) is 3.